The van der Waals surface area contributed by atoms with E-state index in [-0.39, 0.29) is 12.8 Å². The highest BCUT2D eigenvalue weighted by molar-refractivity contribution is 5.83. The summed E-state index contributed by atoms with van der Waals surface area (Å²) in [5, 5.41) is 16.6. The van der Waals surface area contributed by atoms with Gasteiger partial charge in [-0.3, -0.25) is 5.32 Å². The van der Waals surface area contributed by atoms with E-state index in [1.165, 1.54) is 27.8 Å². The molecule has 0 amide bonds. The monoisotopic (exact) mass is 489 g/mol. The number of hydrogen-bond donors (Lipinski definition) is 2. The molecular formula is C33H31NO3. The third kappa shape index (κ3) is 3.22. The van der Waals surface area contributed by atoms with Gasteiger partial charge in [-0.05, 0) is 63.9 Å². The summed E-state index contributed by atoms with van der Waals surface area (Å²) in [5.74, 6) is 1.50. The molecule has 0 bridgehead atoms. The van der Waals surface area contributed by atoms with Gasteiger partial charge < -0.3 is 14.6 Å². The largest absolute Gasteiger partial charge is 0.454 e. The Morgan fingerprint density at radius 2 is 1.43 bits per heavy atom. The van der Waals surface area contributed by atoms with Gasteiger partial charge in [0.15, 0.2) is 11.5 Å². The van der Waals surface area contributed by atoms with E-state index in [9.17, 15) is 5.11 Å². The summed E-state index contributed by atoms with van der Waals surface area (Å²) in [7, 11) is 0. The molecule has 0 spiro atoms. The van der Waals surface area contributed by atoms with Crippen molar-refractivity contribution < 1.29 is 14.6 Å². The van der Waals surface area contributed by atoms with Crippen molar-refractivity contribution in [3.63, 3.8) is 0 Å². The smallest absolute Gasteiger partial charge is 0.231 e. The molecule has 7 rings (SSSR count). The molecule has 4 aromatic carbocycles. The second-order valence-electron chi connectivity index (χ2n) is 10.5. The number of ether oxygens (including phenoxy) is 2. The van der Waals surface area contributed by atoms with E-state index < -0.39 is 11.1 Å². The molecule has 2 N–H and O–H groups in total. The maximum atomic E-state index is 12.5. The van der Waals surface area contributed by atoms with Crippen LogP contribution >= 0.6 is 0 Å². The number of nitrogens with one attached hydrogen (secondary N) is 1. The molecule has 4 nitrogen and oxygen atoms in total. The van der Waals surface area contributed by atoms with Crippen LogP contribution < -0.4 is 14.8 Å². The van der Waals surface area contributed by atoms with Gasteiger partial charge in [0, 0.05) is 6.04 Å². The molecule has 0 unspecified atom stereocenters. The van der Waals surface area contributed by atoms with Gasteiger partial charge in [-0.25, -0.2) is 0 Å². The SMILES string of the molecule is CCCC[C@@]1(O)c2cc3c(cc2C[C@@H]1NC1(c2ccccc2)c2ccccc2-c2ccccc21)OCO3. The third-order valence-corrected chi connectivity index (χ3v) is 8.53. The van der Waals surface area contributed by atoms with E-state index in [1.807, 2.05) is 6.07 Å². The zero-order chi connectivity index (χ0) is 25.0. The molecule has 4 aromatic rings. The highest BCUT2D eigenvalue weighted by Gasteiger charge is 2.52. The molecule has 0 aromatic heterocycles. The molecule has 4 heteroatoms. The summed E-state index contributed by atoms with van der Waals surface area (Å²) in [5.41, 5.74) is 6.59. The molecule has 1 aliphatic heterocycles. The zero-order valence-electron chi connectivity index (χ0n) is 21.0. The van der Waals surface area contributed by atoms with E-state index in [0.29, 0.717) is 12.8 Å². The van der Waals surface area contributed by atoms with Crippen molar-refractivity contribution in [1.29, 1.82) is 0 Å². The van der Waals surface area contributed by atoms with Crippen LogP contribution in [0, 0.1) is 0 Å². The third-order valence-electron chi connectivity index (χ3n) is 8.53. The quantitative estimate of drug-likeness (QED) is 0.335. The van der Waals surface area contributed by atoms with Crippen molar-refractivity contribution in [3.05, 3.63) is 119 Å². The Bertz CT molecular complexity index is 1430. The van der Waals surface area contributed by atoms with Gasteiger partial charge in [-0.1, -0.05) is 98.6 Å². The summed E-state index contributed by atoms with van der Waals surface area (Å²) >= 11 is 0. The Morgan fingerprint density at radius 3 is 2.11 bits per heavy atom. The van der Waals surface area contributed by atoms with Crippen LogP contribution in [0.4, 0.5) is 0 Å². The lowest BCUT2D eigenvalue weighted by atomic mass is 9.78. The summed E-state index contributed by atoms with van der Waals surface area (Å²) in [6.45, 7) is 2.41. The fraction of sp³-hybridized carbons (Fsp3) is 0.273. The summed E-state index contributed by atoms with van der Waals surface area (Å²) in [6, 6.07) is 31.9. The van der Waals surface area contributed by atoms with Crippen LogP contribution in [-0.4, -0.2) is 17.9 Å². The summed E-state index contributed by atoms with van der Waals surface area (Å²) in [4.78, 5) is 0. The van der Waals surface area contributed by atoms with Crippen LogP contribution in [0.1, 0.15) is 54.0 Å². The maximum absolute atomic E-state index is 12.5. The minimum atomic E-state index is -1.03. The predicted molar refractivity (Wildman–Crippen MR) is 145 cm³/mol. The van der Waals surface area contributed by atoms with Gasteiger partial charge in [0.25, 0.3) is 0 Å². The van der Waals surface area contributed by atoms with E-state index in [2.05, 4.69) is 97.2 Å². The lowest BCUT2D eigenvalue weighted by Gasteiger charge is -2.41. The summed E-state index contributed by atoms with van der Waals surface area (Å²) < 4.78 is 11.4. The lowest BCUT2D eigenvalue weighted by Crippen LogP contribution is -2.55. The first-order chi connectivity index (χ1) is 18.1. The van der Waals surface area contributed by atoms with E-state index >= 15 is 0 Å². The normalized spacial score (nSPS) is 21.9. The first kappa shape index (κ1) is 22.6. The number of benzene rings is 4. The molecule has 186 valence electrons. The first-order valence-electron chi connectivity index (χ1n) is 13.3. The van der Waals surface area contributed by atoms with Crippen molar-refractivity contribution >= 4 is 0 Å². The average Bonchev–Trinajstić information content (AvgIpc) is 3.60. The zero-order valence-corrected chi connectivity index (χ0v) is 21.0. The van der Waals surface area contributed by atoms with Gasteiger partial charge >= 0.3 is 0 Å². The van der Waals surface area contributed by atoms with Crippen molar-refractivity contribution in [1.82, 2.24) is 5.32 Å². The highest BCUT2D eigenvalue weighted by atomic mass is 16.7. The van der Waals surface area contributed by atoms with Crippen LogP contribution in [0.3, 0.4) is 0 Å². The molecule has 2 aliphatic carbocycles. The van der Waals surface area contributed by atoms with Gasteiger partial charge in [0.2, 0.25) is 6.79 Å². The van der Waals surface area contributed by atoms with Crippen molar-refractivity contribution in [2.45, 2.75) is 49.8 Å². The molecule has 2 atom stereocenters. The molecule has 0 radical (unpaired) electrons. The summed E-state index contributed by atoms with van der Waals surface area (Å²) in [6.07, 6.45) is 3.35. The van der Waals surface area contributed by atoms with Gasteiger partial charge in [-0.15, -0.1) is 0 Å². The fourth-order valence-electron chi connectivity index (χ4n) is 6.79. The van der Waals surface area contributed by atoms with Crippen molar-refractivity contribution in [2.24, 2.45) is 0 Å². The second kappa shape index (κ2) is 8.47. The van der Waals surface area contributed by atoms with Crippen LogP contribution in [0.25, 0.3) is 11.1 Å². The Labute approximate surface area is 217 Å². The highest BCUT2D eigenvalue weighted by Crippen LogP contribution is 2.54. The molecule has 0 saturated carbocycles. The van der Waals surface area contributed by atoms with Crippen LogP contribution in [0.15, 0.2) is 91.0 Å². The Hall–Kier alpha value is -3.60. The second-order valence-corrected chi connectivity index (χ2v) is 10.5. The molecule has 0 saturated heterocycles. The minimum absolute atomic E-state index is 0.198. The van der Waals surface area contributed by atoms with Crippen molar-refractivity contribution in [2.75, 3.05) is 6.79 Å². The topological polar surface area (TPSA) is 50.7 Å². The molecular weight excluding hydrogens is 458 g/mol. The first-order valence-corrected chi connectivity index (χ1v) is 13.3. The number of unbranched alkanes of at least 4 members (excludes halogenated alkanes) is 1. The molecule has 3 aliphatic rings. The molecule has 1 heterocycles. The Kier molecular flexibility index (Phi) is 5.17. The fourth-order valence-corrected chi connectivity index (χ4v) is 6.79. The van der Waals surface area contributed by atoms with Gasteiger partial charge in [0.05, 0.1) is 5.54 Å². The number of rotatable bonds is 6. The average molecular weight is 490 g/mol. The van der Waals surface area contributed by atoms with Crippen molar-refractivity contribution in [3.8, 4) is 22.6 Å². The van der Waals surface area contributed by atoms with E-state index in [4.69, 9.17) is 9.47 Å². The standard InChI is InChI=1S/C33H31NO3/c1-2-3-17-32(35)28-20-30-29(36-21-37-30)18-22(28)19-31(32)34-33(23-11-5-4-6-12-23)26-15-9-7-13-24(26)25-14-8-10-16-27(25)33/h4-16,18,20,31,34-35H,2-3,17,19,21H2,1H3/t31-,32+/m0/s1. The Morgan fingerprint density at radius 1 is 0.811 bits per heavy atom. The maximum Gasteiger partial charge on any atom is 0.231 e. The van der Waals surface area contributed by atoms with Gasteiger partial charge in [0.1, 0.15) is 5.60 Å². The van der Waals surface area contributed by atoms with E-state index in [0.717, 1.165) is 35.5 Å². The van der Waals surface area contributed by atoms with Crippen LogP contribution in [-0.2, 0) is 17.6 Å². The Balaban J connectivity index is 1.42. The number of fused-ring (bicyclic) bond motifs is 5. The van der Waals surface area contributed by atoms with E-state index in [1.54, 1.807) is 0 Å². The lowest BCUT2D eigenvalue weighted by molar-refractivity contribution is -0.00822. The number of hydrogen-bond acceptors (Lipinski definition) is 4. The van der Waals surface area contributed by atoms with Crippen LogP contribution in [0.2, 0.25) is 0 Å². The molecule has 0 fully saturated rings. The predicted octanol–water partition coefficient (Wildman–Crippen LogP) is 6.28. The van der Waals surface area contributed by atoms with Gasteiger partial charge in [-0.2, -0.15) is 0 Å². The minimum Gasteiger partial charge on any atom is -0.454 e. The van der Waals surface area contributed by atoms with Crippen LogP contribution in [0.5, 0.6) is 11.5 Å². The number of aliphatic hydroxyl groups is 1. The molecule has 37 heavy (non-hydrogen) atoms.